The highest BCUT2D eigenvalue weighted by molar-refractivity contribution is 7.16. The maximum atomic E-state index is 6.42. The molecule has 4 nitrogen and oxygen atoms in total. The molecule has 0 fully saturated rings. The number of thiazole rings is 1. The molecular weight excluding hydrogens is 412 g/mol. The average Bonchev–Trinajstić information content (AvgIpc) is 3.34. The van der Waals surface area contributed by atoms with E-state index in [0.29, 0.717) is 10.9 Å². The summed E-state index contributed by atoms with van der Waals surface area (Å²) in [4.78, 5) is 7.29. The minimum Gasteiger partial charge on any atom is -0.497 e. The number of rotatable bonds is 10. The lowest BCUT2D eigenvalue weighted by atomic mass is 10.0. The molecule has 2 aromatic heterocycles. The number of aryl methyl sites for hydroxylation is 1. The Hall–Kier alpha value is -1.60. The minimum absolute atomic E-state index is 0.457. The maximum Gasteiger partial charge on any atom is 0.183 e. The molecule has 0 amide bonds. The van der Waals surface area contributed by atoms with Crippen LogP contribution >= 0.6 is 34.3 Å². The van der Waals surface area contributed by atoms with Crippen molar-refractivity contribution in [3.8, 4) is 17.0 Å². The summed E-state index contributed by atoms with van der Waals surface area (Å²) in [6, 6.07) is 9.99. The van der Waals surface area contributed by atoms with Crippen LogP contribution in [0.5, 0.6) is 5.75 Å². The van der Waals surface area contributed by atoms with Gasteiger partial charge in [-0.15, -0.1) is 22.7 Å². The van der Waals surface area contributed by atoms with Crippen molar-refractivity contribution in [3.63, 3.8) is 0 Å². The summed E-state index contributed by atoms with van der Waals surface area (Å²) in [6.07, 6.45) is 2.14. The van der Waals surface area contributed by atoms with Gasteiger partial charge in [-0.1, -0.05) is 17.7 Å². The van der Waals surface area contributed by atoms with Gasteiger partial charge in [0, 0.05) is 34.9 Å². The molecule has 1 atom stereocenters. The molecule has 1 N–H and O–H groups in total. The lowest BCUT2D eigenvalue weighted by Crippen LogP contribution is -2.08. The first kappa shape index (κ1) is 21.1. The van der Waals surface area contributed by atoms with Crippen molar-refractivity contribution >= 4 is 39.4 Å². The largest absolute Gasteiger partial charge is 0.497 e. The van der Waals surface area contributed by atoms with E-state index in [4.69, 9.17) is 26.1 Å². The van der Waals surface area contributed by atoms with E-state index in [1.54, 1.807) is 36.9 Å². The van der Waals surface area contributed by atoms with Crippen LogP contribution in [-0.4, -0.2) is 32.4 Å². The lowest BCUT2D eigenvalue weighted by Gasteiger charge is -2.14. The van der Waals surface area contributed by atoms with E-state index >= 15 is 0 Å². The number of anilines is 1. The number of aromatic nitrogens is 1. The summed E-state index contributed by atoms with van der Waals surface area (Å²) < 4.78 is 10.6. The predicted octanol–water partition coefficient (Wildman–Crippen LogP) is 6.46. The molecule has 0 saturated heterocycles. The normalized spacial score (nSPS) is 12.1. The van der Waals surface area contributed by atoms with Crippen LogP contribution in [-0.2, 0) is 4.74 Å². The lowest BCUT2D eigenvalue weighted by molar-refractivity contribution is 0.176. The molecule has 7 heteroatoms. The van der Waals surface area contributed by atoms with Crippen LogP contribution < -0.4 is 10.1 Å². The first-order valence-electron chi connectivity index (χ1n) is 9.20. The first-order chi connectivity index (χ1) is 13.6. The Morgan fingerprint density at radius 2 is 2.11 bits per heavy atom. The van der Waals surface area contributed by atoms with E-state index in [1.807, 2.05) is 18.2 Å². The van der Waals surface area contributed by atoms with Crippen molar-refractivity contribution in [1.29, 1.82) is 0 Å². The van der Waals surface area contributed by atoms with Crippen molar-refractivity contribution in [2.75, 3.05) is 32.7 Å². The fraction of sp³-hybridized carbons (Fsp3) is 0.381. The molecule has 0 spiro atoms. The molecule has 3 aromatic rings. The molecule has 0 aliphatic carbocycles. The molecule has 0 aliphatic heterocycles. The number of halogens is 1. The summed E-state index contributed by atoms with van der Waals surface area (Å²) in [5, 5.41) is 7.17. The van der Waals surface area contributed by atoms with Gasteiger partial charge in [-0.3, -0.25) is 0 Å². The standard InChI is InChI=1S/C21H25ClN2O2S2/c1-14-20(17-9-8-16(26-3)12-18(17)22)24-21(28-14)23-10-4-6-15(13-25-2)19-7-5-11-27-19/h5,7-9,11-12,15H,4,6,10,13H2,1-3H3,(H,23,24). The smallest absolute Gasteiger partial charge is 0.183 e. The fourth-order valence-electron chi connectivity index (χ4n) is 3.11. The van der Waals surface area contributed by atoms with Gasteiger partial charge in [0.15, 0.2) is 5.13 Å². The minimum atomic E-state index is 0.457. The quantitative estimate of drug-likeness (QED) is 0.370. The number of methoxy groups -OCH3 is 2. The molecule has 0 aliphatic rings. The Labute approximate surface area is 179 Å². The van der Waals surface area contributed by atoms with Gasteiger partial charge in [0.25, 0.3) is 0 Å². The highest BCUT2D eigenvalue weighted by Gasteiger charge is 2.15. The second-order valence-corrected chi connectivity index (χ2v) is 9.10. The highest BCUT2D eigenvalue weighted by atomic mass is 35.5. The van der Waals surface area contributed by atoms with Crippen molar-refractivity contribution < 1.29 is 9.47 Å². The molecule has 0 radical (unpaired) electrons. The van der Waals surface area contributed by atoms with E-state index in [-0.39, 0.29) is 0 Å². The second kappa shape index (κ2) is 10.3. The number of thiophene rings is 1. The number of nitrogens with zero attached hydrogens (tertiary/aromatic N) is 1. The van der Waals surface area contributed by atoms with Gasteiger partial charge in [0.05, 0.1) is 24.4 Å². The topological polar surface area (TPSA) is 43.4 Å². The Morgan fingerprint density at radius 3 is 2.79 bits per heavy atom. The Kier molecular flexibility index (Phi) is 7.73. The SMILES string of the molecule is COCC(CCCNc1nc(-c2ccc(OC)cc2Cl)c(C)s1)c1cccs1. The van der Waals surface area contributed by atoms with Crippen molar-refractivity contribution in [1.82, 2.24) is 4.98 Å². The molecule has 0 bridgehead atoms. The third-order valence-corrected chi connectivity index (χ3v) is 6.82. The van der Waals surface area contributed by atoms with Crippen LogP contribution in [0.1, 0.15) is 28.5 Å². The van der Waals surface area contributed by atoms with E-state index in [9.17, 15) is 0 Å². The summed E-state index contributed by atoms with van der Waals surface area (Å²) in [5.41, 5.74) is 1.86. The Morgan fingerprint density at radius 1 is 1.25 bits per heavy atom. The Bertz CT molecular complexity index is 881. The van der Waals surface area contributed by atoms with Gasteiger partial charge >= 0.3 is 0 Å². The molecule has 1 aromatic carbocycles. The van der Waals surface area contributed by atoms with E-state index in [0.717, 1.165) is 53.0 Å². The van der Waals surface area contributed by atoms with Crippen LogP contribution in [0.15, 0.2) is 35.7 Å². The zero-order valence-electron chi connectivity index (χ0n) is 16.3. The zero-order chi connectivity index (χ0) is 19.9. The maximum absolute atomic E-state index is 6.42. The van der Waals surface area contributed by atoms with Crippen molar-refractivity contribution in [2.24, 2.45) is 0 Å². The van der Waals surface area contributed by atoms with Crippen LogP contribution in [0.2, 0.25) is 5.02 Å². The van der Waals surface area contributed by atoms with Gasteiger partial charge in [-0.05, 0) is 49.4 Å². The van der Waals surface area contributed by atoms with Crippen molar-refractivity contribution in [3.05, 3.63) is 50.5 Å². The zero-order valence-corrected chi connectivity index (χ0v) is 18.7. The van der Waals surface area contributed by atoms with Crippen LogP contribution in [0.4, 0.5) is 5.13 Å². The number of hydrogen-bond donors (Lipinski definition) is 1. The van der Waals surface area contributed by atoms with Gasteiger partial charge in [-0.2, -0.15) is 0 Å². The van der Waals surface area contributed by atoms with Gasteiger partial charge in [-0.25, -0.2) is 4.98 Å². The number of nitrogens with one attached hydrogen (secondary N) is 1. The predicted molar refractivity (Wildman–Crippen MR) is 121 cm³/mol. The van der Waals surface area contributed by atoms with Crippen LogP contribution in [0.3, 0.4) is 0 Å². The average molecular weight is 437 g/mol. The third-order valence-electron chi connectivity index (χ3n) is 4.55. The summed E-state index contributed by atoms with van der Waals surface area (Å²) in [7, 11) is 3.40. The number of ether oxygens (including phenoxy) is 2. The Balaban J connectivity index is 1.58. The molecule has 1 unspecified atom stereocenters. The molecule has 2 heterocycles. The fourth-order valence-corrected chi connectivity index (χ4v) is 5.08. The summed E-state index contributed by atoms with van der Waals surface area (Å²) in [5.74, 6) is 1.20. The molecule has 3 rings (SSSR count). The first-order valence-corrected chi connectivity index (χ1v) is 11.3. The van der Waals surface area contributed by atoms with E-state index in [2.05, 4.69) is 29.8 Å². The van der Waals surface area contributed by atoms with Crippen molar-refractivity contribution in [2.45, 2.75) is 25.7 Å². The highest BCUT2D eigenvalue weighted by Crippen LogP contribution is 2.36. The van der Waals surface area contributed by atoms with Gasteiger partial charge < -0.3 is 14.8 Å². The molecular formula is C21H25ClN2O2S2. The summed E-state index contributed by atoms with van der Waals surface area (Å²) in [6.45, 7) is 3.72. The van der Waals surface area contributed by atoms with Crippen LogP contribution in [0, 0.1) is 6.92 Å². The van der Waals surface area contributed by atoms with Gasteiger partial charge in [0.2, 0.25) is 0 Å². The van der Waals surface area contributed by atoms with Crippen LogP contribution in [0.25, 0.3) is 11.3 Å². The molecule has 150 valence electrons. The van der Waals surface area contributed by atoms with E-state index < -0.39 is 0 Å². The monoisotopic (exact) mass is 436 g/mol. The number of benzene rings is 1. The molecule has 0 saturated carbocycles. The van der Waals surface area contributed by atoms with Gasteiger partial charge in [0.1, 0.15) is 5.75 Å². The number of hydrogen-bond acceptors (Lipinski definition) is 6. The summed E-state index contributed by atoms with van der Waals surface area (Å²) >= 11 is 9.88. The van der Waals surface area contributed by atoms with E-state index in [1.165, 1.54) is 4.88 Å². The third kappa shape index (κ3) is 5.26. The second-order valence-electron chi connectivity index (χ2n) is 6.51. The molecule has 28 heavy (non-hydrogen) atoms.